The molecule has 1 atom stereocenters. The number of phenolic OH excluding ortho intramolecular Hbond substituents is 1. The number of primary amides is 1. The molecule has 0 aliphatic rings. The molecule has 11 heteroatoms. The molecule has 0 unspecified atom stereocenters. The van der Waals surface area contributed by atoms with Gasteiger partial charge in [0.2, 0.25) is 5.91 Å². The lowest BCUT2D eigenvalue weighted by Crippen LogP contribution is -2.46. The molecule has 0 aromatic heterocycles. The molecule has 0 saturated carbocycles. The predicted molar refractivity (Wildman–Crippen MR) is 108 cm³/mol. The number of ether oxygens (including phenoxy) is 2. The van der Waals surface area contributed by atoms with Gasteiger partial charge < -0.3 is 36.3 Å². The van der Waals surface area contributed by atoms with E-state index >= 15 is 0 Å². The maximum Gasteiger partial charge on any atom is 0.408 e. The van der Waals surface area contributed by atoms with E-state index in [1.807, 2.05) is 0 Å². The topological polar surface area (TPSA) is 169 Å². The normalized spacial score (nSPS) is 11.7. The molecule has 30 heavy (non-hydrogen) atoms. The monoisotopic (exact) mass is 424 g/mol. The number of aromatic hydroxyl groups is 1. The number of rotatable bonds is 8. The summed E-state index contributed by atoms with van der Waals surface area (Å²) in [6, 6.07) is 2.20. The van der Waals surface area contributed by atoms with Gasteiger partial charge >= 0.3 is 18.1 Å². The van der Waals surface area contributed by atoms with Crippen LogP contribution in [0.1, 0.15) is 44.0 Å². The van der Waals surface area contributed by atoms with Crippen molar-refractivity contribution in [1.29, 1.82) is 0 Å². The van der Waals surface area contributed by atoms with Crippen LogP contribution in [0.3, 0.4) is 0 Å². The number of phenols is 1. The second-order valence-corrected chi connectivity index (χ2v) is 7.34. The van der Waals surface area contributed by atoms with Crippen molar-refractivity contribution in [2.75, 3.05) is 19.0 Å². The molecule has 0 aliphatic heterocycles. The van der Waals surface area contributed by atoms with E-state index in [-0.39, 0.29) is 30.0 Å². The Bertz CT molecular complexity index is 790. The third-order valence-corrected chi connectivity index (χ3v) is 3.65. The largest absolute Gasteiger partial charge is 0.507 e. The van der Waals surface area contributed by atoms with Crippen LogP contribution in [0.25, 0.3) is 0 Å². The summed E-state index contributed by atoms with van der Waals surface area (Å²) >= 11 is 0. The van der Waals surface area contributed by atoms with Crippen LogP contribution in [0.4, 0.5) is 15.3 Å². The zero-order valence-electron chi connectivity index (χ0n) is 17.4. The highest BCUT2D eigenvalue weighted by atomic mass is 16.6. The van der Waals surface area contributed by atoms with Gasteiger partial charge in [-0.3, -0.25) is 4.79 Å². The highest BCUT2D eigenvalue weighted by Gasteiger charge is 2.24. The Hall–Kier alpha value is -3.50. The van der Waals surface area contributed by atoms with E-state index in [0.717, 1.165) is 0 Å². The van der Waals surface area contributed by atoms with Gasteiger partial charge in [0.1, 0.15) is 23.0 Å². The van der Waals surface area contributed by atoms with Crippen LogP contribution in [-0.4, -0.2) is 54.4 Å². The highest BCUT2D eigenvalue weighted by Crippen LogP contribution is 2.23. The van der Waals surface area contributed by atoms with Crippen molar-refractivity contribution in [2.45, 2.75) is 45.3 Å². The molecule has 166 valence electrons. The molecule has 11 nitrogen and oxygen atoms in total. The van der Waals surface area contributed by atoms with E-state index in [0.29, 0.717) is 6.42 Å². The number of anilines is 1. The molecule has 0 heterocycles. The molecule has 6 N–H and O–H groups in total. The van der Waals surface area contributed by atoms with Crippen molar-refractivity contribution >= 4 is 29.7 Å². The van der Waals surface area contributed by atoms with Crippen LogP contribution in [0.5, 0.6) is 5.75 Å². The summed E-state index contributed by atoms with van der Waals surface area (Å²) in [5.41, 5.74) is 4.39. The SMILES string of the molecule is COC(=O)c1ccc(NC(=O)[C@H](CCCNC(N)=O)NC(=O)OC(C)(C)C)cc1O. The van der Waals surface area contributed by atoms with Crippen LogP contribution in [0.15, 0.2) is 18.2 Å². The lowest BCUT2D eigenvalue weighted by Gasteiger charge is -2.23. The van der Waals surface area contributed by atoms with Gasteiger partial charge in [-0.15, -0.1) is 0 Å². The zero-order chi connectivity index (χ0) is 22.9. The van der Waals surface area contributed by atoms with Gasteiger partial charge in [0, 0.05) is 18.3 Å². The van der Waals surface area contributed by atoms with Gasteiger partial charge in [-0.2, -0.15) is 0 Å². The zero-order valence-corrected chi connectivity index (χ0v) is 17.4. The van der Waals surface area contributed by atoms with Crippen molar-refractivity contribution in [3.63, 3.8) is 0 Å². The first-order valence-electron chi connectivity index (χ1n) is 9.18. The fourth-order valence-corrected chi connectivity index (χ4v) is 2.36. The van der Waals surface area contributed by atoms with Crippen LogP contribution < -0.4 is 21.7 Å². The third-order valence-electron chi connectivity index (χ3n) is 3.65. The van der Waals surface area contributed by atoms with Crippen LogP contribution in [0, 0.1) is 0 Å². The van der Waals surface area contributed by atoms with E-state index < -0.39 is 35.6 Å². The molecule has 1 aromatic carbocycles. The summed E-state index contributed by atoms with van der Waals surface area (Å²) in [7, 11) is 1.18. The number of hydrogen-bond donors (Lipinski definition) is 5. The van der Waals surface area contributed by atoms with E-state index in [1.54, 1.807) is 20.8 Å². The minimum atomic E-state index is -0.989. The molecular weight excluding hydrogens is 396 g/mol. The molecule has 0 bridgehead atoms. The van der Waals surface area contributed by atoms with Gasteiger partial charge in [-0.25, -0.2) is 14.4 Å². The summed E-state index contributed by atoms with van der Waals surface area (Å²) < 4.78 is 9.72. The second kappa shape index (κ2) is 10.9. The average molecular weight is 424 g/mol. The van der Waals surface area contributed by atoms with Crippen LogP contribution >= 0.6 is 0 Å². The number of carbonyl (C=O) groups excluding carboxylic acids is 4. The Labute approximate surface area is 174 Å². The van der Waals surface area contributed by atoms with Crippen molar-refractivity contribution < 1.29 is 33.8 Å². The quantitative estimate of drug-likeness (QED) is 0.311. The second-order valence-electron chi connectivity index (χ2n) is 7.34. The van der Waals surface area contributed by atoms with Gasteiger partial charge in [0.25, 0.3) is 0 Å². The Morgan fingerprint density at radius 2 is 1.87 bits per heavy atom. The molecule has 0 fully saturated rings. The first kappa shape index (κ1) is 24.5. The summed E-state index contributed by atoms with van der Waals surface area (Å²) in [6.07, 6.45) is -0.254. The Morgan fingerprint density at radius 3 is 2.40 bits per heavy atom. The lowest BCUT2D eigenvalue weighted by molar-refractivity contribution is -0.118. The standard InChI is InChI=1S/C19H28N4O7/c1-19(2,3)30-18(28)23-13(6-5-9-21-17(20)27)15(25)22-11-7-8-12(14(24)10-11)16(26)29-4/h7-8,10,13,24H,5-6,9H2,1-4H3,(H,22,25)(H,23,28)(H3,20,21,27)/t13-/m0/s1. The number of benzene rings is 1. The molecule has 0 radical (unpaired) electrons. The number of amides is 4. The van der Waals surface area contributed by atoms with Crippen molar-refractivity contribution in [3.8, 4) is 5.75 Å². The Morgan fingerprint density at radius 1 is 1.20 bits per heavy atom. The van der Waals surface area contributed by atoms with Crippen LogP contribution in [-0.2, 0) is 14.3 Å². The molecule has 4 amide bonds. The number of esters is 1. The van der Waals surface area contributed by atoms with Gasteiger partial charge in [-0.05, 0) is 45.7 Å². The maximum atomic E-state index is 12.7. The number of alkyl carbamates (subject to hydrolysis) is 1. The van der Waals surface area contributed by atoms with E-state index in [2.05, 4.69) is 20.7 Å². The highest BCUT2D eigenvalue weighted by molar-refractivity contribution is 5.98. The maximum absolute atomic E-state index is 12.7. The van der Waals surface area contributed by atoms with Gasteiger partial charge in [0.15, 0.2) is 0 Å². The minimum Gasteiger partial charge on any atom is -0.507 e. The number of nitrogens with two attached hydrogens (primary N) is 1. The summed E-state index contributed by atoms with van der Waals surface area (Å²) in [5, 5.41) is 17.4. The summed E-state index contributed by atoms with van der Waals surface area (Å²) in [5.74, 6) is -1.68. The van der Waals surface area contributed by atoms with Crippen molar-refractivity contribution in [1.82, 2.24) is 10.6 Å². The molecule has 1 aromatic rings. The first-order valence-corrected chi connectivity index (χ1v) is 9.18. The number of methoxy groups -OCH3 is 1. The van der Waals surface area contributed by atoms with Gasteiger partial charge in [-0.1, -0.05) is 0 Å². The molecule has 0 spiro atoms. The fraction of sp³-hybridized carbons (Fsp3) is 0.474. The van der Waals surface area contributed by atoms with E-state index in [1.165, 1.54) is 25.3 Å². The van der Waals surface area contributed by atoms with Crippen molar-refractivity contribution in [3.05, 3.63) is 23.8 Å². The summed E-state index contributed by atoms with van der Waals surface area (Å²) in [4.78, 5) is 47.0. The number of hydrogen-bond acceptors (Lipinski definition) is 7. The average Bonchev–Trinajstić information content (AvgIpc) is 2.62. The minimum absolute atomic E-state index is 0.0588. The molecule has 0 aliphatic carbocycles. The van der Waals surface area contributed by atoms with Gasteiger partial charge in [0.05, 0.1) is 7.11 Å². The Kier molecular flexibility index (Phi) is 8.90. The Balaban J connectivity index is 2.86. The van der Waals surface area contributed by atoms with E-state index in [4.69, 9.17) is 10.5 Å². The van der Waals surface area contributed by atoms with Crippen LogP contribution in [0.2, 0.25) is 0 Å². The number of carbonyl (C=O) groups is 4. The number of nitrogens with one attached hydrogen (secondary N) is 3. The lowest BCUT2D eigenvalue weighted by atomic mass is 10.1. The molecule has 1 rings (SSSR count). The third kappa shape index (κ3) is 8.67. The number of urea groups is 1. The fourth-order valence-electron chi connectivity index (χ4n) is 2.36. The van der Waals surface area contributed by atoms with E-state index in [9.17, 15) is 24.3 Å². The first-order chi connectivity index (χ1) is 13.9. The molecule has 0 saturated heterocycles. The molecular formula is C19H28N4O7. The smallest absolute Gasteiger partial charge is 0.408 e. The van der Waals surface area contributed by atoms with Crippen molar-refractivity contribution in [2.24, 2.45) is 5.73 Å². The summed E-state index contributed by atoms with van der Waals surface area (Å²) in [6.45, 7) is 5.27. The predicted octanol–water partition coefficient (Wildman–Crippen LogP) is 1.46.